The van der Waals surface area contributed by atoms with E-state index in [4.69, 9.17) is 16.7 Å². The molecule has 0 aromatic heterocycles. The van der Waals surface area contributed by atoms with Crippen molar-refractivity contribution in [2.24, 2.45) is 0 Å². The molecule has 0 radical (unpaired) electrons. The minimum absolute atomic E-state index is 0.0359. The van der Waals surface area contributed by atoms with Crippen molar-refractivity contribution >= 4 is 17.3 Å². The molecule has 2 N–H and O–H groups in total. The van der Waals surface area contributed by atoms with Crippen LogP contribution in [0.5, 0.6) is 0 Å². The summed E-state index contributed by atoms with van der Waals surface area (Å²) in [5, 5.41) is 19.1. The summed E-state index contributed by atoms with van der Waals surface area (Å²) in [6, 6.07) is 5.75. The molecule has 19 heavy (non-hydrogen) atoms. The molecule has 4 nitrogen and oxygen atoms in total. The summed E-state index contributed by atoms with van der Waals surface area (Å²) in [5.74, 6) is 0. The number of halogens is 1. The third-order valence-corrected chi connectivity index (χ3v) is 3.95. The van der Waals surface area contributed by atoms with Crippen LogP contribution in [0, 0.1) is 0 Å². The first kappa shape index (κ1) is 14.6. The van der Waals surface area contributed by atoms with Gasteiger partial charge in [-0.05, 0) is 25.1 Å². The maximum Gasteiger partial charge on any atom is 0.0716 e. The van der Waals surface area contributed by atoms with Gasteiger partial charge in [-0.2, -0.15) is 0 Å². The second-order valence-electron chi connectivity index (χ2n) is 4.80. The zero-order valence-electron chi connectivity index (χ0n) is 11.1. The summed E-state index contributed by atoms with van der Waals surface area (Å²) in [6.45, 7) is 4.69. The van der Waals surface area contributed by atoms with Crippen LogP contribution in [-0.2, 0) is 6.61 Å². The van der Waals surface area contributed by atoms with E-state index in [0.717, 1.165) is 50.4 Å². The lowest BCUT2D eigenvalue weighted by atomic mass is 10.1. The van der Waals surface area contributed by atoms with Crippen molar-refractivity contribution in [3.63, 3.8) is 0 Å². The smallest absolute Gasteiger partial charge is 0.0716 e. The monoisotopic (exact) mass is 284 g/mol. The van der Waals surface area contributed by atoms with Gasteiger partial charge in [-0.15, -0.1) is 0 Å². The van der Waals surface area contributed by atoms with E-state index in [1.54, 1.807) is 0 Å². The van der Waals surface area contributed by atoms with E-state index in [2.05, 4.69) is 9.80 Å². The molecule has 0 atom stereocenters. The van der Waals surface area contributed by atoms with Gasteiger partial charge in [0.1, 0.15) is 0 Å². The quantitative estimate of drug-likeness (QED) is 0.876. The van der Waals surface area contributed by atoms with Crippen molar-refractivity contribution in [3.8, 4) is 0 Å². The Labute approximate surface area is 119 Å². The largest absolute Gasteiger partial charge is 0.395 e. The van der Waals surface area contributed by atoms with Crippen LogP contribution in [0.2, 0.25) is 5.02 Å². The molecule has 0 spiro atoms. The van der Waals surface area contributed by atoms with Crippen molar-refractivity contribution in [1.29, 1.82) is 0 Å². The van der Waals surface area contributed by atoms with Gasteiger partial charge in [0, 0.05) is 42.5 Å². The Morgan fingerprint density at radius 3 is 2.68 bits per heavy atom. The van der Waals surface area contributed by atoms with E-state index >= 15 is 0 Å². The zero-order valence-corrected chi connectivity index (χ0v) is 11.8. The average molecular weight is 285 g/mol. The SMILES string of the molecule is OCCN1CCCN(c2cccc(Cl)c2CO)CC1. The molecule has 1 aliphatic rings. The average Bonchev–Trinajstić information content (AvgIpc) is 2.64. The fourth-order valence-corrected chi connectivity index (χ4v) is 2.81. The molecule has 2 rings (SSSR count). The van der Waals surface area contributed by atoms with Gasteiger partial charge in [0.05, 0.1) is 13.2 Å². The van der Waals surface area contributed by atoms with Gasteiger partial charge >= 0.3 is 0 Å². The van der Waals surface area contributed by atoms with Crippen molar-refractivity contribution in [3.05, 3.63) is 28.8 Å². The number of aliphatic hydroxyl groups excluding tert-OH is 2. The molecule has 0 unspecified atom stereocenters. The Morgan fingerprint density at radius 1 is 1.11 bits per heavy atom. The normalized spacial score (nSPS) is 17.5. The molecule has 5 heteroatoms. The summed E-state index contributed by atoms with van der Waals surface area (Å²) < 4.78 is 0. The number of hydrogen-bond donors (Lipinski definition) is 2. The van der Waals surface area contributed by atoms with Crippen molar-refractivity contribution in [2.45, 2.75) is 13.0 Å². The molecule has 1 aliphatic heterocycles. The molecule has 1 saturated heterocycles. The van der Waals surface area contributed by atoms with E-state index in [0.29, 0.717) is 5.02 Å². The van der Waals surface area contributed by atoms with Crippen LogP contribution in [0.3, 0.4) is 0 Å². The highest BCUT2D eigenvalue weighted by Crippen LogP contribution is 2.28. The van der Waals surface area contributed by atoms with E-state index in [-0.39, 0.29) is 13.2 Å². The Morgan fingerprint density at radius 2 is 1.95 bits per heavy atom. The van der Waals surface area contributed by atoms with Crippen molar-refractivity contribution in [1.82, 2.24) is 4.90 Å². The third kappa shape index (κ3) is 3.60. The second kappa shape index (κ2) is 7.10. The highest BCUT2D eigenvalue weighted by molar-refractivity contribution is 6.31. The molecular weight excluding hydrogens is 264 g/mol. The molecule has 0 aliphatic carbocycles. The van der Waals surface area contributed by atoms with Crippen LogP contribution < -0.4 is 4.90 Å². The molecule has 1 aromatic carbocycles. The van der Waals surface area contributed by atoms with E-state index in [1.165, 1.54) is 0 Å². The molecule has 1 aromatic rings. The van der Waals surface area contributed by atoms with Gasteiger partial charge in [0.25, 0.3) is 0 Å². The first-order chi connectivity index (χ1) is 9.26. The number of anilines is 1. The van der Waals surface area contributed by atoms with E-state index < -0.39 is 0 Å². The molecule has 0 bridgehead atoms. The molecule has 1 fully saturated rings. The minimum Gasteiger partial charge on any atom is -0.395 e. The van der Waals surface area contributed by atoms with Crippen LogP contribution in [0.1, 0.15) is 12.0 Å². The fraction of sp³-hybridized carbons (Fsp3) is 0.571. The Balaban J connectivity index is 2.12. The summed E-state index contributed by atoms with van der Waals surface area (Å²) in [7, 11) is 0. The van der Waals surface area contributed by atoms with Crippen LogP contribution in [-0.4, -0.2) is 54.4 Å². The first-order valence-electron chi connectivity index (χ1n) is 6.72. The topological polar surface area (TPSA) is 46.9 Å². The Hall–Kier alpha value is -0.810. The number of aliphatic hydroxyl groups is 2. The summed E-state index contributed by atoms with van der Waals surface area (Å²) >= 11 is 6.14. The minimum atomic E-state index is -0.0359. The van der Waals surface area contributed by atoms with Gasteiger partial charge in [-0.25, -0.2) is 0 Å². The molecule has 106 valence electrons. The Kier molecular flexibility index (Phi) is 5.45. The summed E-state index contributed by atoms with van der Waals surface area (Å²) in [6.07, 6.45) is 1.05. The van der Waals surface area contributed by atoms with E-state index in [1.807, 2.05) is 18.2 Å². The van der Waals surface area contributed by atoms with Crippen LogP contribution in [0.25, 0.3) is 0 Å². The number of β-amino-alcohol motifs (C(OH)–C–C–N with tert-alkyl or cyclic N) is 1. The van der Waals surface area contributed by atoms with Gasteiger partial charge in [0.15, 0.2) is 0 Å². The summed E-state index contributed by atoms with van der Waals surface area (Å²) in [4.78, 5) is 4.54. The lowest BCUT2D eigenvalue weighted by Crippen LogP contribution is -2.32. The molecule has 1 heterocycles. The van der Waals surface area contributed by atoms with Gasteiger partial charge in [0.2, 0.25) is 0 Å². The number of nitrogens with zero attached hydrogens (tertiary/aromatic N) is 2. The van der Waals surface area contributed by atoms with Crippen molar-refractivity contribution in [2.75, 3.05) is 44.2 Å². The third-order valence-electron chi connectivity index (χ3n) is 3.60. The van der Waals surface area contributed by atoms with E-state index in [9.17, 15) is 5.11 Å². The highest BCUT2D eigenvalue weighted by Gasteiger charge is 2.17. The molecule has 0 amide bonds. The predicted octanol–water partition coefficient (Wildman–Crippen LogP) is 1.34. The molecule has 0 saturated carbocycles. The van der Waals surface area contributed by atoms with Crippen LogP contribution in [0.15, 0.2) is 18.2 Å². The predicted molar refractivity (Wildman–Crippen MR) is 77.7 cm³/mol. The Bertz CT molecular complexity index is 414. The molecular formula is C14H21ClN2O2. The number of benzene rings is 1. The lowest BCUT2D eigenvalue weighted by molar-refractivity contribution is 0.204. The first-order valence-corrected chi connectivity index (χ1v) is 7.10. The standard InChI is InChI=1S/C14H21ClN2O2/c15-13-3-1-4-14(12(13)11-19)17-6-2-5-16(7-8-17)9-10-18/h1,3-4,18-19H,2,5-11H2. The maximum absolute atomic E-state index is 9.48. The lowest BCUT2D eigenvalue weighted by Gasteiger charge is -2.26. The van der Waals surface area contributed by atoms with Crippen LogP contribution >= 0.6 is 11.6 Å². The maximum atomic E-state index is 9.48. The van der Waals surface area contributed by atoms with Gasteiger partial charge < -0.3 is 15.1 Å². The zero-order chi connectivity index (χ0) is 13.7. The highest BCUT2D eigenvalue weighted by atomic mass is 35.5. The number of hydrogen-bond acceptors (Lipinski definition) is 4. The van der Waals surface area contributed by atoms with Crippen LogP contribution in [0.4, 0.5) is 5.69 Å². The number of rotatable bonds is 4. The second-order valence-corrected chi connectivity index (χ2v) is 5.21. The van der Waals surface area contributed by atoms with Gasteiger partial charge in [-0.3, -0.25) is 4.90 Å². The van der Waals surface area contributed by atoms with Crippen molar-refractivity contribution < 1.29 is 10.2 Å². The fourth-order valence-electron chi connectivity index (χ4n) is 2.58. The summed E-state index contributed by atoms with van der Waals surface area (Å²) in [5.41, 5.74) is 1.83. The van der Waals surface area contributed by atoms with Gasteiger partial charge in [-0.1, -0.05) is 17.7 Å².